The lowest BCUT2D eigenvalue weighted by molar-refractivity contribution is -0.118. The maximum Gasteiger partial charge on any atom is 0.230 e. The molecular weight excluding hydrogens is 348 g/mol. The van der Waals surface area contributed by atoms with Crippen molar-refractivity contribution >= 4 is 17.7 Å². The highest BCUT2D eigenvalue weighted by molar-refractivity contribution is 7.99. The molecule has 142 valence electrons. The van der Waals surface area contributed by atoms with Crippen molar-refractivity contribution in [1.82, 2.24) is 10.3 Å². The average molecular weight is 377 g/mol. The first-order chi connectivity index (χ1) is 12.5. The third-order valence-electron chi connectivity index (χ3n) is 3.76. The molecule has 0 aliphatic heterocycles. The first kappa shape index (κ1) is 20.5. The largest absolute Gasteiger partial charge is 0.441 e. The van der Waals surface area contributed by atoms with Crippen molar-refractivity contribution in [3.8, 4) is 11.5 Å². The Hall–Kier alpha value is -1.79. The Balaban J connectivity index is 1.72. The highest BCUT2D eigenvalue weighted by Crippen LogP contribution is 2.24. The van der Waals surface area contributed by atoms with Crippen LogP contribution in [0, 0.1) is 13.8 Å². The van der Waals surface area contributed by atoms with Crippen LogP contribution in [0.15, 0.2) is 28.7 Å². The van der Waals surface area contributed by atoms with E-state index in [1.165, 1.54) is 5.56 Å². The monoisotopic (exact) mass is 376 g/mol. The van der Waals surface area contributed by atoms with E-state index < -0.39 is 0 Å². The summed E-state index contributed by atoms with van der Waals surface area (Å²) in [7, 11) is 0. The number of amides is 1. The molecule has 0 bridgehead atoms. The molecule has 1 amide bonds. The van der Waals surface area contributed by atoms with Gasteiger partial charge in [0.15, 0.2) is 0 Å². The molecule has 2 aromatic rings. The van der Waals surface area contributed by atoms with Crippen LogP contribution < -0.4 is 5.32 Å². The molecule has 5 nitrogen and oxygen atoms in total. The number of benzene rings is 1. The molecule has 0 unspecified atom stereocenters. The SMILES string of the molecule is Cc1ccc(-c2nc(CSCC(=O)NCCCOC(C)C)c(C)o2)cc1. The topological polar surface area (TPSA) is 64.4 Å². The lowest BCUT2D eigenvalue weighted by Gasteiger charge is -2.08. The van der Waals surface area contributed by atoms with E-state index in [0.29, 0.717) is 30.5 Å². The molecule has 0 saturated carbocycles. The Morgan fingerprint density at radius 1 is 1.27 bits per heavy atom. The van der Waals surface area contributed by atoms with E-state index in [-0.39, 0.29) is 12.0 Å². The summed E-state index contributed by atoms with van der Waals surface area (Å²) in [6.45, 7) is 9.29. The van der Waals surface area contributed by atoms with Crippen molar-refractivity contribution in [3.05, 3.63) is 41.3 Å². The van der Waals surface area contributed by atoms with E-state index in [2.05, 4.69) is 17.2 Å². The molecule has 1 aromatic carbocycles. The van der Waals surface area contributed by atoms with Crippen LogP contribution in [-0.4, -0.2) is 35.9 Å². The summed E-state index contributed by atoms with van der Waals surface area (Å²) >= 11 is 1.54. The number of carbonyl (C=O) groups is 1. The molecule has 0 radical (unpaired) electrons. The van der Waals surface area contributed by atoms with Crippen molar-refractivity contribution in [1.29, 1.82) is 0 Å². The van der Waals surface area contributed by atoms with Gasteiger partial charge in [-0.15, -0.1) is 11.8 Å². The van der Waals surface area contributed by atoms with E-state index in [0.717, 1.165) is 23.4 Å². The van der Waals surface area contributed by atoms with E-state index in [1.54, 1.807) is 11.8 Å². The van der Waals surface area contributed by atoms with Crippen LogP contribution in [0.2, 0.25) is 0 Å². The highest BCUT2D eigenvalue weighted by atomic mass is 32.2. The van der Waals surface area contributed by atoms with Crippen LogP contribution in [0.25, 0.3) is 11.5 Å². The number of aryl methyl sites for hydroxylation is 2. The van der Waals surface area contributed by atoms with Gasteiger partial charge in [-0.3, -0.25) is 4.79 Å². The molecule has 0 atom stereocenters. The van der Waals surface area contributed by atoms with Gasteiger partial charge >= 0.3 is 0 Å². The van der Waals surface area contributed by atoms with Gasteiger partial charge in [0.05, 0.1) is 17.6 Å². The number of oxazole rings is 1. The fourth-order valence-corrected chi connectivity index (χ4v) is 3.14. The first-order valence-electron chi connectivity index (χ1n) is 8.95. The van der Waals surface area contributed by atoms with Crippen LogP contribution in [0.4, 0.5) is 0 Å². The van der Waals surface area contributed by atoms with E-state index in [4.69, 9.17) is 9.15 Å². The third-order valence-corrected chi connectivity index (χ3v) is 4.70. The van der Waals surface area contributed by atoms with Gasteiger partial charge in [0.25, 0.3) is 0 Å². The van der Waals surface area contributed by atoms with Crippen molar-refractivity contribution in [2.24, 2.45) is 0 Å². The minimum Gasteiger partial charge on any atom is -0.441 e. The van der Waals surface area contributed by atoms with Gasteiger partial charge < -0.3 is 14.5 Å². The third kappa shape index (κ3) is 6.84. The van der Waals surface area contributed by atoms with Crippen LogP contribution in [-0.2, 0) is 15.3 Å². The van der Waals surface area contributed by atoms with Crippen molar-refractivity contribution in [2.45, 2.75) is 46.0 Å². The highest BCUT2D eigenvalue weighted by Gasteiger charge is 2.12. The summed E-state index contributed by atoms with van der Waals surface area (Å²) in [6.07, 6.45) is 1.06. The second kappa shape index (κ2) is 10.4. The Morgan fingerprint density at radius 3 is 2.69 bits per heavy atom. The van der Waals surface area contributed by atoms with Gasteiger partial charge in [-0.25, -0.2) is 4.98 Å². The zero-order valence-corrected chi connectivity index (χ0v) is 16.8. The van der Waals surface area contributed by atoms with E-state index >= 15 is 0 Å². The summed E-state index contributed by atoms with van der Waals surface area (Å²) in [5.41, 5.74) is 3.06. The fraction of sp³-hybridized carbons (Fsp3) is 0.500. The Morgan fingerprint density at radius 2 is 2.00 bits per heavy atom. The van der Waals surface area contributed by atoms with Gasteiger partial charge in [-0.05, 0) is 46.2 Å². The molecule has 26 heavy (non-hydrogen) atoms. The van der Waals surface area contributed by atoms with Gasteiger partial charge in [0, 0.05) is 24.5 Å². The average Bonchev–Trinajstić information content (AvgIpc) is 2.96. The Kier molecular flexibility index (Phi) is 8.19. The zero-order valence-electron chi connectivity index (χ0n) is 16.0. The minimum atomic E-state index is 0.0412. The molecule has 1 heterocycles. The standard InChI is InChI=1S/C20H28N2O3S/c1-14(2)24-11-5-10-21-19(23)13-26-12-18-16(4)25-20(22-18)17-8-6-15(3)7-9-17/h6-9,14H,5,10-13H2,1-4H3,(H,21,23). The molecule has 0 saturated heterocycles. The normalized spacial score (nSPS) is 11.1. The summed E-state index contributed by atoms with van der Waals surface area (Å²) in [5, 5.41) is 2.91. The minimum absolute atomic E-state index is 0.0412. The number of carbonyl (C=O) groups excluding carboxylic acids is 1. The van der Waals surface area contributed by atoms with E-state index in [9.17, 15) is 4.79 Å². The predicted octanol–water partition coefficient (Wildman–Crippen LogP) is 4.12. The smallest absolute Gasteiger partial charge is 0.230 e. The lowest BCUT2D eigenvalue weighted by Crippen LogP contribution is -2.27. The number of aromatic nitrogens is 1. The van der Waals surface area contributed by atoms with Crippen LogP contribution in [0.5, 0.6) is 0 Å². The molecule has 0 fully saturated rings. The molecule has 1 aromatic heterocycles. The first-order valence-corrected chi connectivity index (χ1v) is 10.1. The van der Waals surface area contributed by atoms with Crippen LogP contribution in [0.3, 0.4) is 0 Å². The number of nitrogens with zero attached hydrogens (tertiary/aromatic N) is 1. The molecule has 1 N–H and O–H groups in total. The molecule has 0 spiro atoms. The second-order valence-electron chi connectivity index (χ2n) is 6.50. The molecular formula is C20H28N2O3S. The fourth-order valence-electron chi connectivity index (χ4n) is 2.29. The van der Waals surface area contributed by atoms with Crippen molar-refractivity contribution in [3.63, 3.8) is 0 Å². The zero-order chi connectivity index (χ0) is 18.9. The number of hydrogen-bond donors (Lipinski definition) is 1. The number of ether oxygens (including phenoxy) is 1. The summed E-state index contributed by atoms with van der Waals surface area (Å²) in [5.74, 6) is 2.55. The van der Waals surface area contributed by atoms with Crippen LogP contribution in [0.1, 0.15) is 37.3 Å². The number of hydrogen-bond acceptors (Lipinski definition) is 5. The summed E-state index contributed by atoms with van der Waals surface area (Å²) < 4.78 is 11.2. The summed E-state index contributed by atoms with van der Waals surface area (Å²) in [6, 6.07) is 8.10. The number of nitrogens with one attached hydrogen (secondary N) is 1. The summed E-state index contributed by atoms with van der Waals surface area (Å²) in [4.78, 5) is 16.4. The van der Waals surface area contributed by atoms with Gasteiger partial charge in [-0.2, -0.15) is 0 Å². The Labute approximate surface area is 159 Å². The van der Waals surface area contributed by atoms with Crippen molar-refractivity contribution < 1.29 is 13.9 Å². The second-order valence-corrected chi connectivity index (χ2v) is 7.49. The molecule has 0 aliphatic rings. The molecule has 0 aliphatic carbocycles. The molecule has 6 heteroatoms. The maximum absolute atomic E-state index is 11.9. The Bertz CT molecular complexity index is 696. The van der Waals surface area contributed by atoms with Gasteiger partial charge in [0.2, 0.25) is 11.8 Å². The maximum atomic E-state index is 11.9. The predicted molar refractivity (Wildman–Crippen MR) is 106 cm³/mol. The number of rotatable bonds is 10. The van der Waals surface area contributed by atoms with Gasteiger partial charge in [-0.1, -0.05) is 17.7 Å². The quantitative estimate of drug-likeness (QED) is 0.632. The van der Waals surface area contributed by atoms with E-state index in [1.807, 2.05) is 45.0 Å². The van der Waals surface area contributed by atoms with Gasteiger partial charge in [0.1, 0.15) is 5.76 Å². The number of thioether (sulfide) groups is 1. The van der Waals surface area contributed by atoms with Crippen LogP contribution >= 0.6 is 11.8 Å². The lowest BCUT2D eigenvalue weighted by atomic mass is 10.1. The van der Waals surface area contributed by atoms with Crippen molar-refractivity contribution in [2.75, 3.05) is 18.9 Å². The molecule has 2 rings (SSSR count).